The highest BCUT2D eigenvalue weighted by Crippen LogP contribution is 2.23. The van der Waals surface area contributed by atoms with Crippen LogP contribution in [0.1, 0.15) is 0 Å². The predicted molar refractivity (Wildman–Crippen MR) is 60.8 cm³/mol. The van der Waals surface area contributed by atoms with Gasteiger partial charge in [0.1, 0.15) is 30.2 Å². The summed E-state index contributed by atoms with van der Waals surface area (Å²) in [7, 11) is 0. The maximum atomic E-state index is 9.74. The van der Waals surface area contributed by atoms with Crippen molar-refractivity contribution in [1.82, 2.24) is 0 Å². The van der Waals surface area contributed by atoms with Gasteiger partial charge in [0, 0.05) is 0 Å². The van der Waals surface area contributed by atoms with Crippen molar-refractivity contribution in [3.63, 3.8) is 0 Å². The van der Waals surface area contributed by atoms with E-state index in [1.165, 1.54) is 0 Å². The van der Waals surface area contributed by atoms with E-state index in [0.717, 1.165) is 0 Å². The van der Waals surface area contributed by atoms with E-state index in [9.17, 15) is 15.3 Å². The van der Waals surface area contributed by atoms with Crippen LogP contribution in [-0.4, -0.2) is 57.7 Å². The van der Waals surface area contributed by atoms with E-state index in [-0.39, 0.29) is 0 Å². The van der Waals surface area contributed by atoms with E-state index in [1.807, 2.05) is 0 Å². The van der Waals surface area contributed by atoms with E-state index in [0.29, 0.717) is 5.75 Å². The highest BCUT2D eigenvalue weighted by Gasteiger charge is 2.44. The number of para-hydroxylation sites is 1. The van der Waals surface area contributed by atoms with Crippen LogP contribution in [0.2, 0.25) is 0 Å². The highest BCUT2D eigenvalue weighted by atomic mass is 16.7. The van der Waals surface area contributed by atoms with E-state index in [2.05, 4.69) is 0 Å². The Morgan fingerprint density at radius 3 is 2.28 bits per heavy atom. The van der Waals surface area contributed by atoms with Gasteiger partial charge in [0.25, 0.3) is 0 Å². The van der Waals surface area contributed by atoms with Crippen LogP contribution in [0.25, 0.3) is 0 Å². The lowest BCUT2D eigenvalue weighted by atomic mass is 9.99. The smallest absolute Gasteiger partial charge is 0.229 e. The Hall–Kier alpha value is -1.18. The minimum Gasteiger partial charge on any atom is -0.462 e. The molecule has 0 spiro atoms. The monoisotopic (exact) mass is 256 g/mol. The van der Waals surface area contributed by atoms with Gasteiger partial charge in [-0.15, -0.1) is 0 Å². The summed E-state index contributed by atoms with van der Waals surface area (Å²) in [6, 6.07) is 8.64. The molecule has 0 aromatic heterocycles. The van der Waals surface area contributed by atoms with Crippen LogP contribution in [0.3, 0.4) is 0 Å². The fourth-order valence-electron chi connectivity index (χ4n) is 1.80. The number of ether oxygens (including phenoxy) is 2. The summed E-state index contributed by atoms with van der Waals surface area (Å²) in [5.74, 6) is 0.460. The molecular weight excluding hydrogens is 240 g/mol. The van der Waals surface area contributed by atoms with Gasteiger partial charge in [-0.25, -0.2) is 0 Å². The molecule has 1 aromatic rings. The SMILES string of the molecule is OC[C@H]1OC(Oc2ccccc2)[C@@H](O)[C@@H](O)[C@@H]1O. The zero-order chi connectivity index (χ0) is 13.1. The van der Waals surface area contributed by atoms with Gasteiger partial charge in [-0.1, -0.05) is 18.2 Å². The van der Waals surface area contributed by atoms with Gasteiger partial charge in [0.2, 0.25) is 6.29 Å². The molecule has 0 bridgehead atoms. The first-order valence-electron chi connectivity index (χ1n) is 5.65. The third-order valence-electron chi connectivity index (χ3n) is 2.84. The van der Waals surface area contributed by atoms with Gasteiger partial charge in [0.05, 0.1) is 6.61 Å². The van der Waals surface area contributed by atoms with Gasteiger partial charge >= 0.3 is 0 Å². The minimum absolute atomic E-state index is 0.460. The summed E-state index contributed by atoms with van der Waals surface area (Å²) in [5.41, 5.74) is 0. The Kier molecular flexibility index (Phi) is 4.15. The van der Waals surface area contributed by atoms with Crippen LogP contribution in [0, 0.1) is 0 Å². The van der Waals surface area contributed by atoms with E-state index < -0.39 is 37.3 Å². The first kappa shape index (κ1) is 13.3. The maximum Gasteiger partial charge on any atom is 0.229 e. The molecule has 18 heavy (non-hydrogen) atoms. The molecule has 100 valence electrons. The third-order valence-corrected chi connectivity index (χ3v) is 2.84. The number of benzene rings is 1. The zero-order valence-corrected chi connectivity index (χ0v) is 9.59. The maximum absolute atomic E-state index is 9.74. The predicted octanol–water partition coefficient (Wildman–Crippen LogP) is -1.13. The first-order chi connectivity index (χ1) is 8.63. The van der Waals surface area contributed by atoms with Gasteiger partial charge in [-0.3, -0.25) is 0 Å². The number of hydrogen-bond donors (Lipinski definition) is 4. The second-order valence-electron chi connectivity index (χ2n) is 4.13. The Morgan fingerprint density at radius 2 is 1.67 bits per heavy atom. The first-order valence-corrected chi connectivity index (χ1v) is 5.65. The van der Waals surface area contributed by atoms with E-state index >= 15 is 0 Å². The molecule has 6 nitrogen and oxygen atoms in total. The fraction of sp³-hybridized carbons (Fsp3) is 0.500. The van der Waals surface area contributed by atoms with Gasteiger partial charge in [-0.2, -0.15) is 0 Å². The summed E-state index contributed by atoms with van der Waals surface area (Å²) in [6.07, 6.45) is -6.28. The molecule has 6 heteroatoms. The van der Waals surface area contributed by atoms with Crippen LogP contribution < -0.4 is 4.74 Å². The molecule has 0 radical (unpaired) electrons. The summed E-state index contributed by atoms with van der Waals surface area (Å²) in [4.78, 5) is 0. The summed E-state index contributed by atoms with van der Waals surface area (Å²) in [6.45, 7) is -0.473. The van der Waals surface area contributed by atoms with Crippen molar-refractivity contribution >= 4 is 0 Å². The lowest BCUT2D eigenvalue weighted by molar-refractivity contribution is -0.277. The average Bonchev–Trinajstić information content (AvgIpc) is 2.40. The number of aliphatic hydroxyl groups is 4. The molecule has 2 rings (SSSR count). The molecular formula is C12H16O6. The van der Waals surface area contributed by atoms with Gasteiger partial charge < -0.3 is 29.9 Å². The normalized spacial score (nSPS) is 36.3. The van der Waals surface area contributed by atoms with Gasteiger partial charge in [0.15, 0.2) is 0 Å². The molecule has 1 heterocycles. The molecule has 1 unspecified atom stereocenters. The molecule has 0 saturated carbocycles. The molecule has 1 aliphatic heterocycles. The van der Waals surface area contributed by atoms with Gasteiger partial charge in [-0.05, 0) is 12.1 Å². The number of aliphatic hydroxyl groups excluding tert-OH is 4. The third kappa shape index (κ3) is 2.63. The molecule has 5 atom stereocenters. The molecule has 1 aliphatic rings. The zero-order valence-electron chi connectivity index (χ0n) is 9.59. The quantitative estimate of drug-likeness (QED) is 0.546. The summed E-state index contributed by atoms with van der Waals surface area (Å²) >= 11 is 0. The van der Waals surface area contributed by atoms with Crippen LogP contribution in [-0.2, 0) is 4.74 Å². The topological polar surface area (TPSA) is 99.4 Å². The van der Waals surface area contributed by atoms with Crippen molar-refractivity contribution in [2.45, 2.75) is 30.7 Å². The van der Waals surface area contributed by atoms with E-state index in [4.69, 9.17) is 14.6 Å². The van der Waals surface area contributed by atoms with Crippen molar-refractivity contribution < 1.29 is 29.9 Å². The molecule has 4 N–H and O–H groups in total. The van der Waals surface area contributed by atoms with Crippen molar-refractivity contribution in [3.05, 3.63) is 30.3 Å². The van der Waals surface area contributed by atoms with Crippen molar-refractivity contribution in [2.24, 2.45) is 0 Å². The molecule has 1 aromatic carbocycles. The second-order valence-corrected chi connectivity index (χ2v) is 4.13. The lowest BCUT2D eigenvalue weighted by Crippen LogP contribution is -2.60. The molecule has 0 aliphatic carbocycles. The second kappa shape index (κ2) is 5.64. The highest BCUT2D eigenvalue weighted by molar-refractivity contribution is 5.21. The largest absolute Gasteiger partial charge is 0.462 e. The molecule has 0 amide bonds. The van der Waals surface area contributed by atoms with Crippen LogP contribution in [0.4, 0.5) is 0 Å². The van der Waals surface area contributed by atoms with Crippen LogP contribution in [0.15, 0.2) is 30.3 Å². The Morgan fingerprint density at radius 1 is 1.00 bits per heavy atom. The average molecular weight is 256 g/mol. The summed E-state index contributed by atoms with van der Waals surface area (Å²) in [5, 5.41) is 37.9. The van der Waals surface area contributed by atoms with Crippen LogP contribution >= 0.6 is 0 Å². The van der Waals surface area contributed by atoms with Crippen molar-refractivity contribution in [1.29, 1.82) is 0 Å². The fourth-order valence-corrected chi connectivity index (χ4v) is 1.80. The molecule has 1 saturated heterocycles. The molecule has 1 fully saturated rings. The summed E-state index contributed by atoms with van der Waals surface area (Å²) < 4.78 is 10.6. The number of hydrogen-bond acceptors (Lipinski definition) is 6. The van der Waals surface area contributed by atoms with Crippen LogP contribution in [0.5, 0.6) is 5.75 Å². The number of rotatable bonds is 3. The van der Waals surface area contributed by atoms with E-state index in [1.54, 1.807) is 30.3 Å². The Labute approximate surface area is 104 Å². The Balaban J connectivity index is 2.08. The minimum atomic E-state index is -1.43. The standard InChI is InChI=1S/C12H16O6/c13-6-8-9(14)10(15)11(16)12(18-8)17-7-4-2-1-3-5-7/h1-5,8-16H,6H2/t8-,9-,10+,11+,12?/m1/s1. The van der Waals surface area contributed by atoms with Crippen molar-refractivity contribution in [3.8, 4) is 5.75 Å². The lowest BCUT2D eigenvalue weighted by Gasteiger charge is -2.39. The van der Waals surface area contributed by atoms with Crippen molar-refractivity contribution in [2.75, 3.05) is 6.61 Å². The Bertz CT molecular complexity index is 368.